The Bertz CT molecular complexity index is 646. The van der Waals surface area contributed by atoms with Crippen LogP contribution in [0.3, 0.4) is 0 Å². The molecule has 110 valence electrons. The van der Waals surface area contributed by atoms with Crippen molar-refractivity contribution in [2.45, 2.75) is 19.4 Å². The van der Waals surface area contributed by atoms with Crippen molar-refractivity contribution in [2.75, 3.05) is 11.9 Å². The number of benzene rings is 2. The molecule has 0 aliphatic rings. The maximum absolute atomic E-state index is 11.9. The van der Waals surface area contributed by atoms with Crippen LogP contribution < -0.4 is 10.6 Å². The van der Waals surface area contributed by atoms with Gasteiger partial charge in [-0.2, -0.15) is 0 Å². The van der Waals surface area contributed by atoms with E-state index in [0.717, 1.165) is 10.8 Å². The van der Waals surface area contributed by atoms with Crippen LogP contribution in [0.2, 0.25) is 0 Å². The second-order valence-corrected chi connectivity index (χ2v) is 4.74. The van der Waals surface area contributed by atoms with Crippen LogP contribution in [0.25, 0.3) is 10.8 Å². The second kappa shape index (κ2) is 6.85. The molecule has 0 heterocycles. The van der Waals surface area contributed by atoms with Crippen molar-refractivity contribution < 1.29 is 14.7 Å². The van der Waals surface area contributed by atoms with Gasteiger partial charge in [-0.25, -0.2) is 0 Å². The monoisotopic (exact) mass is 286 g/mol. The van der Waals surface area contributed by atoms with Gasteiger partial charge in [0.15, 0.2) is 0 Å². The van der Waals surface area contributed by atoms with Crippen LogP contribution in [0.4, 0.5) is 5.69 Å². The van der Waals surface area contributed by atoms with Gasteiger partial charge in [0, 0.05) is 11.1 Å². The first-order chi connectivity index (χ1) is 10.2. The first-order valence-electron chi connectivity index (χ1n) is 6.86. The predicted molar refractivity (Wildman–Crippen MR) is 81.9 cm³/mol. The molecule has 0 saturated heterocycles. The summed E-state index contributed by atoms with van der Waals surface area (Å²) in [7, 11) is 0. The Kier molecular flexibility index (Phi) is 4.90. The van der Waals surface area contributed by atoms with Crippen LogP contribution in [0, 0.1) is 0 Å². The number of hydrogen-bond acceptors (Lipinski definition) is 3. The minimum absolute atomic E-state index is 0.191. The summed E-state index contributed by atoms with van der Waals surface area (Å²) >= 11 is 0. The normalized spacial score (nSPS) is 11.9. The maximum Gasteiger partial charge on any atom is 0.313 e. The summed E-state index contributed by atoms with van der Waals surface area (Å²) in [6, 6.07) is 12.7. The van der Waals surface area contributed by atoms with Crippen molar-refractivity contribution in [3.05, 3.63) is 42.5 Å². The van der Waals surface area contributed by atoms with Crippen molar-refractivity contribution in [1.82, 2.24) is 5.32 Å². The van der Waals surface area contributed by atoms with E-state index in [0.29, 0.717) is 12.1 Å². The number of amides is 2. The number of nitrogens with one attached hydrogen (secondary N) is 2. The van der Waals surface area contributed by atoms with Gasteiger partial charge in [0.1, 0.15) is 0 Å². The summed E-state index contributed by atoms with van der Waals surface area (Å²) in [6.07, 6.45) is 0.559. The lowest BCUT2D eigenvalue weighted by Gasteiger charge is -2.14. The number of carbonyl (C=O) groups excluding carboxylic acids is 2. The summed E-state index contributed by atoms with van der Waals surface area (Å²) in [5, 5.41) is 16.0. The molecule has 21 heavy (non-hydrogen) atoms. The van der Waals surface area contributed by atoms with E-state index in [4.69, 9.17) is 5.11 Å². The van der Waals surface area contributed by atoms with E-state index in [9.17, 15) is 9.59 Å². The molecular formula is C16H18N2O3. The lowest BCUT2D eigenvalue weighted by molar-refractivity contribution is -0.136. The Labute approximate surface area is 123 Å². The minimum atomic E-state index is -0.746. The van der Waals surface area contributed by atoms with E-state index >= 15 is 0 Å². The highest BCUT2D eigenvalue weighted by molar-refractivity contribution is 6.40. The summed E-state index contributed by atoms with van der Waals surface area (Å²) < 4.78 is 0. The molecular weight excluding hydrogens is 268 g/mol. The van der Waals surface area contributed by atoms with Gasteiger partial charge in [0.05, 0.1) is 12.6 Å². The lowest BCUT2D eigenvalue weighted by atomic mass is 10.1. The quantitative estimate of drug-likeness (QED) is 0.748. The molecule has 2 aromatic carbocycles. The highest BCUT2D eigenvalue weighted by Crippen LogP contribution is 2.22. The molecule has 2 aromatic rings. The molecule has 0 aromatic heterocycles. The van der Waals surface area contributed by atoms with Gasteiger partial charge in [-0.1, -0.05) is 43.3 Å². The van der Waals surface area contributed by atoms with Crippen LogP contribution >= 0.6 is 0 Å². The Morgan fingerprint density at radius 3 is 2.52 bits per heavy atom. The molecule has 0 aliphatic heterocycles. The highest BCUT2D eigenvalue weighted by atomic mass is 16.3. The van der Waals surface area contributed by atoms with Gasteiger partial charge in [0.25, 0.3) is 0 Å². The van der Waals surface area contributed by atoms with Crippen molar-refractivity contribution in [3.8, 4) is 0 Å². The van der Waals surface area contributed by atoms with Crippen LogP contribution in [0.5, 0.6) is 0 Å². The number of anilines is 1. The fourth-order valence-corrected chi connectivity index (χ4v) is 2.04. The molecule has 0 bridgehead atoms. The van der Waals surface area contributed by atoms with E-state index in [1.165, 1.54) is 0 Å². The highest BCUT2D eigenvalue weighted by Gasteiger charge is 2.17. The molecule has 5 nitrogen and oxygen atoms in total. The topological polar surface area (TPSA) is 78.4 Å². The Hall–Kier alpha value is -2.40. The average molecular weight is 286 g/mol. The fourth-order valence-electron chi connectivity index (χ4n) is 2.04. The largest absolute Gasteiger partial charge is 0.394 e. The van der Waals surface area contributed by atoms with Crippen molar-refractivity contribution >= 4 is 28.3 Å². The van der Waals surface area contributed by atoms with Gasteiger partial charge in [-0.15, -0.1) is 0 Å². The van der Waals surface area contributed by atoms with Crippen LogP contribution in [0.15, 0.2) is 42.5 Å². The van der Waals surface area contributed by atoms with E-state index in [1.54, 1.807) is 6.07 Å². The molecule has 0 aliphatic carbocycles. The summed E-state index contributed by atoms with van der Waals surface area (Å²) in [6.45, 7) is 1.63. The standard InChI is InChI=1S/C16H18N2O3/c1-2-12(10-19)17-15(20)16(21)18-14-9-5-7-11-6-3-4-8-13(11)14/h3-9,12,19H,2,10H2,1H3,(H,17,20)(H,18,21). The maximum atomic E-state index is 11.9. The number of aliphatic hydroxyl groups is 1. The van der Waals surface area contributed by atoms with Gasteiger partial charge < -0.3 is 15.7 Å². The smallest absolute Gasteiger partial charge is 0.313 e. The second-order valence-electron chi connectivity index (χ2n) is 4.74. The molecule has 5 heteroatoms. The molecule has 2 rings (SSSR count). The first kappa shape index (κ1) is 15.0. The van der Waals surface area contributed by atoms with Crippen LogP contribution in [-0.2, 0) is 9.59 Å². The molecule has 1 atom stereocenters. The van der Waals surface area contributed by atoms with Gasteiger partial charge in [0.2, 0.25) is 0 Å². The molecule has 2 amide bonds. The molecule has 0 spiro atoms. The van der Waals surface area contributed by atoms with Crippen LogP contribution in [-0.4, -0.2) is 29.6 Å². The van der Waals surface area contributed by atoms with Gasteiger partial charge in [-0.3, -0.25) is 9.59 Å². The van der Waals surface area contributed by atoms with Gasteiger partial charge >= 0.3 is 11.8 Å². The zero-order valence-corrected chi connectivity index (χ0v) is 11.8. The van der Waals surface area contributed by atoms with Crippen LogP contribution in [0.1, 0.15) is 13.3 Å². The zero-order chi connectivity index (χ0) is 15.2. The van der Waals surface area contributed by atoms with Gasteiger partial charge in [-0.05, 0) is 17.9 Å². The third kappa shape index (κ3) is 3.58. The molecule has 1 unspecified atom stereocenters. The third-order valence-electron chi connectivity index (χ3n) is 3.29. The number of hydrogen-bond donors (Lipinski definition) is 3. The van der Waals surface area contributed by atoms with E-state index in [2.05, 4.69) is 10.6 Å². The summed E-state index contributed by atoms with van der Waals surface area (Å²) in [4.78, 5) is 23.7. The lowest BCUT2D eigenvalue weighted by Crippen LogP contribution is -2.43. The number of fused-ring (bicyclic) bond motifs is 1. The Balaban J connectivity index is 2.13. The van der Waals surface area contributed by atoms with E-state index < -0.39 is 17.9 Å². The molecule has 0 saturated carbocycles. The number of carbonyl (C=O) groups is 2. The summed E-state index contributed by atoms with van der Waals surface area (Å²) in [5.41, 5.74) is 0.588. The SMILES string of the molecule is CCC(CO)NC(=O)C(=O)Nc1cccc2ccccc12. The Morgan fingerprint density at radius 2 is 1.81 bits per heavy atom. The molecule has 0 radical (unpaired) electrons. The number of rotatable bonds is 4. The number of aliphatic hydroxyl groups excluding tert-OH is 1. The first-order valence-corrected chi connectivity index (χ1v) is 6.86. The van der Waals surface area contributed by atoms with Crippen molar-refractivity contribution in [3.63, 3.8) is 0 Å². The predicted octanol–water partition coefficient (Wildman–Crippen LogP) is 1.67. The average Bonchev–Trinajstić information content (AvgIpc) is 2.52. The summed E-state index contributed by atoms with van der Waals surface area (Å²) in [5.74, 6) is -1.48. The Morgan fingerprint density at radius 1 is 1.10 bits per heavy atom. The van der Waals surface area contributed by atoms with Crippen molar-refractivity contribution in [1.29, 1.82) is 0 Å². The van der Waals surface area contributed by atoms with E-state index in [-0.39, 0.29) is 6.61 Å². The zero-order valence-electron chi connectivity index (χ0n) is 11.8. The molecule has 3 N–H and O–H groups in total. The molecule has 0 fully saturated rings. The minimum Gasteiger partial charge on any atom is -0.394 e. The third-order valence-corrected chi connectivity index (χ3v) is 3.29. The van der Waals surface area contributed by atoms with Crippen molar-refractivity contribution in [2.24, 2.45) is 0 Å². The fraction of sp³-hybridized carbons (Fsp3) is 0.250. The van der Waals surface area contributed by atoms with E-state index in [1.807, 2.05) is 43.3 Å².